The van der Waals surface area contributed by atoms with Crippen molar-refractivity contribution in [2.75, 3.05) is 13.7 Å². The molecule has 1 aliphatic rings. The standard InChI is InChI=1S/C15H23NO/c1-12(8-9-17-2)16-15-10-14(11-15)13-6-4-3-5-7-13/h3-7,12,14-16H,8-11H2,1-2H3. The predicted molar refractivity (Wildman–Crippen MR) is 71.3 cm³/mol. The summed E-state index contributed by atoms with van der Waals surface area (Å²) >= 11 is 0. The van der Waals surface area contributed by atoms with Crippen LogP contribution in [-0.2, 0) is 4.74 Å². The van der Waals surface area contributed by atoms with Gasteiger partial charge in [-0.15, -0.1) is 0 Å². The Hall–Kier alpha value is -0.860. The summed E-state index contributed by atoms with van der Waals surface area (Å²) in [6.45, 7) is 3.10. The van der Waals surface area contributed by atoms with E-state index in [-0.39, 0.29) is 0 Å². The molecule has 0 saturated heterocycles. The first-order chi connectivity index (χ1) is 8.29. The number of nitrogens with one attached hydrogen (secondary N) is 1. The van der Waals surface area contributed by atoms with Crippen LogP contribution in [0.15, 0.2) is 30.3 Å². The lowest BCUT2D eigenvalue weighted by Gasteiger charge is -2.38. The Labute approximate surface area is 104 Å². The van der Waals surface area contributed by atoms with E-state index in [4.69, 9.17) is 4.74 Å². The highest BCUT2D eigenvalue weighted by Gasteiger charge is 2.30. The molecule has 0 spiro atoms. The van der Waals surface area contributed by atoms with Crippen molar-refractivity contribution in [2.24, 2.45) is 0 Å². The van der Waals surface area contributed by atoms with Gasteiger partial charge in [-0.25, -0.2) is 0 Å². The Bertz CT molecular complexity index is 319. The largest absolute Gasteiger partial charge is 0.385 e. The van der Waals surface area contributed by atoms with Crippen LogP contribution < -0.4 is 5.32 Å². The average Bonchev–Trinajstić information content (AvgIpc) is 2.31. The molecule has 1 fully saturated rings. The molecule has 1 N–H and O–H groups in total. The van der Waals surface area contributed by atoms with Gasteiger partial charge in [-0.2, -0.15) is 0 Å². The summed E-state index contributed by atoms with van der Waals surface area (Å²) in [7, 11) is 1.77. The second-order valence-electron chi connectivity index (χ2n) is 5.13. The smallest absolute Gasteiger partial charge is 0.0476 e. The van der Waals surface area contributed by atoms with Crippen LogP contribution >= 0.6 is 0 Å². The van der Waals surface area contributed by atoms with Crippen LogP contribution in [0.2, 0.25) is 0 Å². The first-order valence-corrected chi connectivity index (χ1v) is 6.59. The number of hydrogen-bond acceptors (Lipinski definition) is 2. The van der Waals surface area contributed by atoms with Crippen LogP contribution in [0.4, 0.5) is 0 Å². The summed E-state index contributed by atoms with van der Waals surface area (Å²) in [4.78, 5) is 0. The molecule has 0 heterocycles. The molecule has 0 bridgehead atoms. The number of benzene rings is 1. The minimum Gasteiger partial charge on any atom is -0.385 e. The third-order valence-corrected chi connectivity index (χ3v) is 3.68. The quantitative estimate of drug-likeness (QED) is 0.815. The number of methoxy groups -OCH3 is 1. The van der Waals surface area contributed by atoms with E-state index < -0.39 is 0 Å². The Morgan fingerprint density at radius 1 is 1.29 bits per heavy atom. The highest BCUT2D eigenvalue weighted by Crippen LogP contribution is 2.36. The van der Waals surface area contributed by atoms with E-state index >= 15 is 0 Å². The highest BCUT2D eigenvalue weighted by atomic mass is 16.5. The van der Waals surface area contributed by atoms with E-state index in [1.165, 1.54) is 18.4 Å². The second-order valence-corrected chi connectivity index (χ2v) is 5.13. The fourth-order valence-corrected chi connectivity index (χ4v) is 2.53. The van der Waals surface area contributed by atoms with Crippen LogP contribution in [0.1, 0.15) is 37.7 Å². The monoisotopic (exact) mass is 233 g/mol. The maximum atomic E-state index is 5.10. The van der Waals surface area contributed by atoms with E-state index in [0.717, 1.165) is 18.9 Å². The van der Waals surface area contributed by atoms with Crippen molar-refractivity contribution in [3.63, 3.8) is 0 Å². The minimum absolute atomic E-state index is 0.566. The summed E-state index contributed by atoms with van der Waals surface area (Å²) < 4.78 is 5.10. The number of hydrogen-bond donors (Lipinski definition) is 1. The molecule has 1 unspecified atom stereocenters. The van der Waals surface area contributed by atoms with Gasteiger partial charge >= 0.3 is 0 Å². The van der Waals surface area contributed by atoms with Crippen molar-refractivity contribution >= 4 is 0 Å². The van der Waals surface area contributed by atoms with Crippen LogP contribution in [0.3, 0.4) is 0 Å². The van der Waals surface area contributed by atoms with E-state index in [9.17, 15) is 0 Å². The summed E-state index contributed by atoms with van der Waals surface area (Å²) in [6.07, 6.45) is 3.66. The molecule has 2 rings (SSSR count). The molecule has 1 saturated carbocycles. The van der Waals surface area contributed by atoms with Gasteiger partial charge in [0, 0.05) is 25.8 Å². The molecule has 0 aliphatic heterocycles. The zero-order chi connectivity index (χ0) is 12.1. The third-order valence-electron chi connectivity index (χ3n) is 3.68. The Kier molecular flexibility index (Phi) is 4.57. The SMILES string of the molecule is COCCC(C)NC1CC(c2ccccc2)C1. The van der Waals surface area contributed by atoms with Crippen molar-refractivity contribution in [1.82, 2.24) is 5.32 Å². The molecule has 0 aromatic heterocycles. The third kappa shape index (κ3) is 3.55. The molecule has 1 aromatic carbocycles. The molecule has 1 aliphatic carbocycles. The molecule has 1 atom stereocenters. The van der Waals surface area contributed by atoms with Gasteiger partial charge < -0.3 is 10.1 Å². The van der Waals surface area contributed by atoms with Crippen molar-refractivity contribution in [3.8, 4) is 0 Å². The molecule has 94 valence electrons. The fraction of sp³-hybridized carbons (Fsp3) is 0.600. The summed E-state index contributed by atoms with van der Waals surface area (Å²) in [6, 6.07) is 12.1. The van der Waals surface area contributed by atoms with Gasteiger partial charge in [0.25, 0.3) is 0 Å². The molecule has 0 amide bonds. The van der Waals surface area contributed by atoms with Gasteiger partial charge in [0.15, 0.2) is 0 Å². The molecule has 0 radical (unpaired) electrons. The van der Waals surface area contributed by atoms with E-state index in [0.29, 0.717) is 12.1 Å². The van der Waals surface area contributed by atoms with Crippen LogP contribution in [0.5, 0.6) is 0 Å². The Morgan fingerprint density at radius 2 is 2.00 bits per heavy atom. The van der Waals surface area contributed by atoms with Crippen molar-refractivity contribution in [1.29, 1.82) is 0 Å². The summed E-state index contributed by atoms with van der Waals surface area (Å²) in [5.74, 6) is 0.767. The van der Waals surface area contributed by atoms with Gasteiger partial charge in [0.1, 0.15) is 0 Å². The van der Waals surface area contributed by atoms with Crippen molar-refractivity contribution in [2.45, 2.75) is 44.2 Å². The molecular formula is C15H23NO. The van der Waals surface area contributed by atoms with Crippen LogP contribution in [0.25, 0.3) is 0 Å². The zero-order valence-corrected chi connectivity index (χ0v) is 10.9. The lowest BCUT2D eigenvalue weighted by molar-refractivity contribution is 0.175. The van der Waals surface area contributed by atoms with E-state index in [1.54, 1.807) is 7.11 Å². The Balaban J connectivity index is 1.69. The van der Waals surface area contributed by atoms with E-state index in [2.05, 4.69) is 42.6 Å². The fourth-order valence-electron chi connectivity index (χ4n) is 2.53. The van der Waals surface area contributed by atoms with Crippen molar-refractivity contribution in [3.05, 3.63) is 35.9 Å². The van der Waals surface area contributed by atoms with Gasteiger partial charge in [-0.1, -0.05) is 30.3 Å². The highest BCUT2D eigenvalue weighted by molar-refractivity contribution is 5.22. The molecule has 17 heavy (non-hydrogen) atoms. The summed E-state index contributed by atoms with van der Waals surface area (Å²) in [5.41, 5.74) is 1.50. The van der Waals surface area contributed by atoms with Crippen molar-refractivity contribution < 1.29 is 4.74 Å². The average molecular weight is 233 g/mol. The van der Waals surface area contributed by atoms with Crippen LogP contribution in [0, 0.1) is 0 Å². The van der Waals surface area contributed by atoms with Crippen LogP contribution in [-0.4, -0.2) is 25.8 Å². The molecule has 2 nitrogen and oxygen atoms in total. The molecule has 1 aromatic rings. The maximum Gasteiger partial charge on any atom is 0.0476 e. The van der Waals surface area contributed by atoms with Gasteiger partial charge in [-0.3, -0.25) is 0 Å². The maximum absolute atomic E-state index is 5.10. The lowest BCUT2D eigenvalue weighted by Crippen LogP contribution is -2.44. The van der Waals surface area contributed by atoms with Gasteiger partial charge in [0.2, 0.25) is 0 Å². The number of ether oxygens (including phenoxy) is 1. The normalized spacial score (nSPS) is 25.3. The lowest BCUT2D eigenvalue weighted by atomic mass is 9.75. The molecular weight excluding hydrogens is 210 g/mol. The summed E-state index contributed by atoms with van der Waals surface area (Å²) in [5, 5.41) is 3.67. The Morgan fingerprint density at radius 3 is 2.65 bits per heavy atom. The van der Waals surface area contributed by atoms with E-state index in [1.807, 2.05) is 0 Å². The zero-order valence-electron chi connectivity index (χ0n) is 10.9. The van der Waals surface area contributed by atoms with Gasteiger partial charge in [0.05, 0.1) is 0 Å². The first-order valence-electron chi connectivity index (χ1n) is 6.59. The topological polar surface area (TPSA) is 21.3 Å². The first kappa shape index (κ1) is 12.6. The second kappa shape index (κ2) is 6.18. The predicted octanol–water partition coefficient (Wildman–Crippen LogP) is 2.95. The minimum atomic E-state index is 0.566. The van der Waals surface area contributed by atoms with Gasteiger partial charge in [-0.05, 0) is 37.7 Å². The number of rotatable bonds is 6. The molecule has 2 heteroatoms.